The van der Waals surface area contributed by atoms with Gasteiger partial charge < -0.3 is 4.57 Å². The fourth-order valence-corrected chi connectivity index (χ4v) is 2.87. The Bertz CT molecular complexity index is 667. The molecule has 4 nitrogen and oxygen atoms in total. The van der Waals surface area contributed by atoms with Crippen molar-refractivity contribution in [3.63, 3.8) is 0 Å². The highest BCUT2D eigenvalue weighted by atomic mass is 15.1. The van der Waals surface area contributed by atoms with E-state index >= 15 is 0 Å². The SMILES string of the molecule is Cc1nc(-c2cccnc2C(C)C)c2n1CC=NC2C. The largest absolute Gasteiger partial charge is 0.324 e. The molecule has 1 unspecified atom stereocenters. The van der Waals surface area contributed by atoms with E-state index in [1.54, 1.807) is 0 Å². The summed E-state index contributed by atoms with van der Waals surface area (Å²) in [4.78, 5) is 13.9. The van der Waals surface area contributed by atoms with Crippen LogP contribution in [0.3, 0.4) is 0 Å². The van der Waals surface area contributed by atoms with Gasteiger partial charge in [0.1, 0.15) is 5.82 Å². The van der Waals surface area contributed by atoms with E-state index in [9.17, 15) is 0 Å². The Morgan fingerprint density at radius 2 is 2.15 bits per heavy atom. The Morgan fingerprint density at radius 3 is 2.90 bits per heavy atom. The summed E-state index contributed by atoms with van der Waals surface area (Å²) in [5.74, 6) is 1.43. The average Bonchev–Trinajstić information content (AvgIpc) is 2.78. The molecule has 0 aromatic carbocycles. The topological polar surface area (TPSA) is 43.1 Å². The summed E-state index contributed by atoms with van der Waals surface area (Å²) in [5, 5.41) is 0. The summed E-state index contributed by atoms with van der Waals surface area (Å²) < 4.78 is 2.25. The molecule has 0 bridgehead atoms. The first-order chi connectivity index (χ1) is 9.59. The van der Waals surface area contributed by atoms with Crippen LogP contribution in [0.1, 0.15) is 49.9 Å². The maximum Gasteiger partial charge on any atom is 0.106 e. The Balaban J connectivity index is 2.23. The van der Waals surface area contributed by atoms with Crippen LogP contribution in [0.4, 0.5) is 0 Å². The van der Waals surface area contributed by atoms with Crippen molar-refractivity contribution in [3.8, 4) is 11.3 Å². The lowest BCUT2D eigenvalue weighted by Gasteiger charge is -2.18. The highest BCUT2D eigenvalue weighted by Gasteiger charge is 2.24. The standard InChI is InChI=1S/C16H20N4/c1-10(2)14-13(6-5-7-18-14)15-16-11(3)17-8-9-20(16)12(4)19-15/h5-8,10-11H,9H2,1-4H3. The fourth-order valence-electron chi connectivity index (χ4n) is 2.87. The van der Waals surface area contributed by atoms with Crippen molar-refractivity contribution in [3.05, 3.63) is 35.5 Å². The smallest absolute Gasteiger partial charge is 0.106 e. The Kier molecular flexibility index (Phi) is 3.16. The second-order valence-corrected chi connectivity index (χ2v) is 5.60. The van der Waals surface area contributed by atoms with E-state index < -0.39 is 0 Å². The van der Waals surface area contributed by atoms with Crippen LogP contribution in [0.5, 0.6) is 0 Å². The number of aliphatic imine (C=N–C) groups is 1. The second kappa shape index (κ2) is 4.85. The molecule has 3 heterocycles. The van der Waals surface area contributed by atoms with Gasteiger partial charge >= 0.3 is 0 Å². The minimum absolute atomic E-state index is 0.153. The predicted octanol–water partition coefficient (Wildman–Crippen LogP) is 3.52. The van der Waals surface area contributed by atoms with Crippen molar-refractivity contribution in [2.45, 2.75) is 46.2 Å². The molecular formula is C16H20N4. The number of nitrogens with zero attached hydrogens (tertiary/aromatic N) is 4. The number of aryl methyl sites for hydroxylation is 1. The lowest BCUT2D eigenvalue weighted by Crippen LogP contribution is -2.13. The van der Waals surface area contributed by atoms with Gasteiger partial charge in [0.05, 0.1) is 29.7 Å². The fraction of sp³-hybridized carbons (Fsp3) is 0.438. The van der Waals surface area contributed by atoms with E-state index in [4.69, 9.17) is 4.98 Å². The summed E-state index contributed by atoms with van der Waals surface area (Å²) in [6.07, 6.45) is 3.83. The summed E-state index contributed by atoms with van der Waals surface area (Å²) >= 11 is 0. The van der Waals surface area contributed by atoms with E-state index in [1.165, 1.54) is 5.69 Å². The van der Waals surface area contributed by atoms with Gasteiger partial charge in [-0.25, -0.2) is 4.98 Å². The van der Waals surface area contributed by atoms with Gasteiger partial charge in [0.2, 0.25) is 0 Å². The number of imidazole rings is 1. The molecule has 1 aliphatic heterocycles. The van der Waals surface area contributed by atoms with E-state index in [2.05, 4.69) is 48.3 Å². The minimum Gasteiger partial charge on any atom is -0.324 e. The number of hydrogen-bond donors (Lipinski definition) is 0. The number of aromatic nitrogens is 3. The van der Waals surface area contributed by atoms with Crippen LogP contribution in [-0.4, -0.2) is 20.7 Å². The maximum atomic E-state index is 4.80. The Hall–Kier alpha value is -1.97. The third-order valence-electron chi connectivity index (χ3n) is 3.83. The molecule has 0 aliphatic carbocycles. The normalized spacial score (nSPS) is 17.6. The minimum atomic E-state index is 0.153. The molecule has 0 radical (unpaired) electrons. The molecule has 0 fully saturated rings. The third-order valence-corrected chi connectivity index (χ3v) is 3.83. The van der Waals surface area contributed by atoms with E-state index in [1.807, 2.05) is 18.5 Å². The van der Waals surface area contributed by atoms with Gasteiger partial charge in [-0.15, -0.1) is 0 Å². The highest BCUT2D eigenvalue weighted by Crippen LogP contribution is 2.35. The molecular weight excluding hydrogens is 248 g/mol. The summed E-state index contributed by atoms with van der Waals surface area (Å²) in [6, 6.07) is 4.26. The van der Waals surface area contributed by atoms with E-state index in [-0.39, 0.29) is 6.04 Å². The molecule has 0 saturated carbocycles. The molecule has 3 rings (SSSR count). The molecule has 4 heteroatoms. The van der Waals surface area contributed by atoms with Crippen molar-refractivity contribution in [2.75, 3.05) is 0 Å². The zero-order valence-corrected chi connectivity index (χ0v) is 12.5. The van der Waals surface area contributed by atoms with Crippen molar-refractivity contribution < 1.29 is 0 Å². The summed E-state index contributed by atoms with van der Waals surface area (Å²) in [5.41, 5.74) is 4.50. The lowest BCUT2D eigenvalue weighted by atomic mass is 9.98. The summed E-state index contributed by atoms with van der Waals surface area (Å²) in [6.45, 7) is 9.34. The van der Waals surface area contributed by atoms with Crippen LogP contribution in [0.2, 0.25) is 0 Å². The first-order valence-electron chi connectivity index (χ1n) is 7.13. The molecule has 2 aromatic heterocycles. The van der Waals surface area contributed by atoms with Crippen LogP contribution >= 0.6 is 0 Å². The predicted molar refractivity (Wildman–Crippen MR) is 81.2 cm³/mol. The van der Waals surface area contributed by atoms with Crippen LogP contribution in [0, 0.1) is 6.92 Å². The molecule has 104 valence electrons. The number of pyridine rings is 1. The van der Waals surface area contributed by atoms with Crippen LogP contribution in [0.15, 0.2) is 23.3 Å². The van der Waals surface area contributed by atoms with Crippen LogP contribution < -0.4 is 0 Å². The molecule has 20 heavy (non-hydrogen) atoms. The number of rotatable bonds is 2. The third kappa shape index (κ3) is 1.96. The van der Waals surface area contributed by atoms with Crippen molar-refractivity contribution in [1.29, 1.82) is 0 Å². The highest BCUT2D eigenvalue weighted by molar-refractivity contribution is 5.69. The van der Waals surface area contributed by atoms with Crippen molar-refractivity contribution in [1.82, 2.24) is 14.5 Å². The van der Waals surface area contributed by atoms with Gasteiger partial charge in [-0.3, -0.25) is 9.98 Å². The van der Waals surface area contributed by atoms with E-state index in [0.29, 0.717) is 5.92 Å². The molecule has 2 aromatic rings. The Labute approximate surface area is 119 Å². The Morgan fingerprint density at radius 1 is 1.35 bits per heavy atom. The second-order valence-electron chi connectivity index (χ2n) is 5.60. The van der Waals surface area contributed by atoms with Crippen molar-refractivity contribution in [2.24, 2.45) is 4.99 Å². The monoisotopic (exact) mass is 268 g/mol. The molecule has 0 saturated heterocycles. The summed E-state index contributed by atoms with van der Waals surface area (Å²) in [7, 11) is 0. The quantitative estimate of drug-likeness (QED) is 0.836. The lowest BCUT2D eigenvalue weighted by molar-refractivity contribution is 0.657. The molecule has 0 amide bonds. The van der Waals surface area contributed by atoms with Gasteiger partial charge in [-0.05, 0) is 31.9 Å². The average molecular weight is 268 g/mol. The van der Waals surface area contributed by atoms with Crippen LogP contribution in [-0.2, 0) is 6.54 Å². The molecule has 1 aliphatic rings. The van der Waals surface area contributed by atoms with Gasteiger partial charge in [-0.1, -0.05) is 13.8 Å². The van der Waals surface area contributed by atoms with Crippen LogP contribution in [0.25, 0.3) is 11.3 Å². The van der Waals surface area contributed by atoms with Gasteiger partial charge in [0.25, 0.3) is 0 Å². The first-order valence-corrected chi connectivity index (χ1v) is 7.13. The van der Waals surface area contributed by atoms with Gasteiger partial charge in [-0.2, -0.15) is 0 Å². The number of fused-ring (bicyclic) bond motifs is 1. The van der Waals surface area contributed by atoms with E-state index in [0.717, 1.165) is 29.3 Å². The zero-order chi connectivity index (χ0) is 14.3. The molecule has 0 spiro atoms. The molecule has 0 N–H and O–H groups in total. The molecule has 1 atom stereocenters. The van der Waals surface area contributed by atoms with Crippen molar-refractivity contribution >= 4 is 6.21 Å². The maximum absolute atomic E-state index is 4.80. The van der Waals surface area contributed by atoms with Gasteiger partial charge in [0, 0.05) is 18.0 Å². The van der Waals surface area contributed by atoms with Gasteiger partial charge in [0.15, 0.2) is 0 Å². The number of hydrogen-bond acceptors (Lipinski definition) is 3. The first kappa shape index (κ1) is 13.0. The zero-order valence-electron chi connectivity index (χ0n) is 12.5.